The SMILES string of the molecule is O=C1C=CC2=CN=C(c3cccc(Oc4cccnc4)c3)N3CCC(=C23)N1. The Kier molecular flexibility index (Phi) is 3.60. The summed E-state index contributed by atoms with van der Waals surface area (Å²) in [5, 5.41) is 2.97. The number of allylic oxidation sites excluding steroid dienone is 1. The van der Waals surface area contributed by atoms with Crippen LogP contribution in [0.2, 0.25) is 0 Å². The van der Waals surface area contributed by atoms with Crippen LogP contribution in [0.15, 0.2) is 89.1 Å². The minimum Gasteiger partial charge on any atom is -0.456 e. The number of hydrogen-bond donors (Lipinski definition) is 1. The lowest BCUT2D eigenvalue weighted by Gasteiger charge is -2.27. The number of hydrogen-bond acceptors (Lipinski definition) is 5. The number of ether oxygens (including phenoxy) is 1. The normalized spacial score (nSPS) is 17.8. The van der Waals surface area contributed by atoms with E-state index in [1.54, 1.807) is 18.5 Å². The smallest absolute Gasteiger partial charge is 0.248 e. The van der Waals surface area contributed by atoms with Crippen LogP contribution in [0.1, 0.15) is 12.0 Å². The molecule has 3 aliphatic rings. The van der Waals surface area contributed by atoms with Crippen LogP contribution in [0.4, 0.5) is 0 Å². The van der Waals surface area contributed by atoms with E-state index >= 15 is 0 Å². The number of benzene rings is 1. The molecule has 0 fully saturated rings. The molecule has 27 heavy (non-hydrogen) atoms. The lowest BCUT2D eigenvalue weighted by molar-refractivity contribution is -0.115. The topological polar surface area (TPSA) is 66.8 Å². The molecule has 1 aromatic heterocycles. The number of amides is 1. The Balaban J connectivity index is 1.50. The van der Waals surface area contributed by atoms with Crippen molar-refractivity contribution in [2.75, 3.05) is 6.54 Å². The average molecular weight is 356 g/mol. The summed E-state index contributed by atoms with van der Waals surface area (Å²) in [7, 11) is 0. The Hall–Kier alpha value is -3.67. The second-order valence-electron chi connectivity index (χ2n) is 6.41. The van der Waals surface area contributed by atoms with E-state index in [4.69, 9.17) is 4.74 Å². The van der Waals surface area contributed by atoms with Crippen LogP contribution in [0.25, 0.3) is 0 Å². The fraction of sp³-hybridized carbons (Fsp3) is 0.0952. The first-order valence-corrected chi connectivity index (χ1v) is 8.74. The molecule has 0 bridgehead atoms. The van der Waals surface area contributed by atoms with E-state index in [1.165, 1.54) is 0 Å². The van der Waals surface area contributed by atoms with E-state index in [-0.39, 0.29) is 5.91 Å². The van der Waals surface area contributed by atoms with E-state index in [0.29, 0.717) is 5.75 Å². The van der Waals surface area contributed by atoms with Gasteiger partial charge in [0.2, 0.25) is 5.91 Å². The van der Waals surface area contributed by atoms with E-state index in [1.807, 2.05) is 48.7 Å². The highest BCUT2D eigenvalue weighted by Gasteiger charge is 2.32. The van der Waals surface area contributed by atoms with Gasteiger partial charge in [-0.1, -0.05) is 12.1 Å². The van der Waals surface area contributed by atoms with Crippen LogP contribution < -0.4 is 10.1 Å². The number of carbonyl (C=O) groups excluding carboxylic acids is 1. The van der Waals surface area contributed by atoms with Gasteiger partial charge in [-0.05, 0) is 30.3 Å². The molecule has 6 nitrogen and oxygen atoms in total. The molecule has 0 spiro atoms. The molecule has 4 heterocycles. The van der Waals surface area contributed by atoms with Gasteiger partial charge in [-0.15, -0.1) is 0 Å². The Labute approximate surface area is 156 Å². The maximum absolute atomic E-state index is 11.8. The van der Waals surface area contributed by atoms with Crippen LogP contribution in [0.3, 0.4) is 0 Å². The van der Waals surface area contributed by atoms with Gasteiger partial charge < -0.3 is 15.0 Å². The van der Waals surface area contributed by atoms with Crippen molar-refractivity contribution >= 4 is 11.7 Å². The molecule has 1 N–H and O–H groups in total. The van der Waals surface area contributed by atoms with E-state index < -0.39 is 0 Å². The zero-order valence-corrected chi connectivity index (χ0v) is 14.4. The summed E-state index contributed by atoms with van der Waals surface area (Å²) in [6.07, 6.45) is 9.35. The van der Waals surface area contributed by atoms with Gasteiger partial charge in [0.15, 0.2) is 0 Å². The molecule has 1 amide bonds. The van der Waals surface area contributed by atoms with Gasteiger partial charge in [0.25, 0.3) is 0 Å². The summed E-state index contributed by atoms with van der Waals surface area (Å²) in [5.74, 6) is 2.17. The summed E-state index contributed by atoms with van der Waals surface area (Å²) in [6.45, 7) is 0.780. The first kappa shape index (κ1) is 15.6. The fourth-order valence-corrected chi connectivity index (χ4v) is 3.49. The number of aromatic nitrogens is 1. The van der Waals surface area contributed by atoms with Crippen molar-refractivity contribution in [3.05, 3.63) is 89.7 Å². The van der Waals surface area contributed by atoms with Crippen molar-refractivity contribution in [3.63, 3.8) is 0 Å². The Bertz CT molecular complexity index is 1050. The van der Waals surface area contributed by atoms with Crippen molar-refractivity contribution in [2.45, 2.75) is 6.42 Å². The number of nitrogens with zero attached hydrogens (tertiary/aromatic N) is 3. The maximum Gasteiger partial charge on any atom is 0.248 e. The highest BCUT2D eigenvalue weighted by Crippen LogP contribution is 2.34. The van der Waals surface area contributed by atoms with Crippen LogP contribution >= 0.6 is 0 Å². The van der Waals surface area contributed by atoms with Gasteiger partial charge in [0, 0.05) is 48.3 Å². The van der Waals surface area contributed by atoms with Gasteiger partial charge in [-0.2, -0.15) is 0 Å². The predicted molar refractivity (Wildman–Crippen MR) is 101 cm³/mol. The average Bonchev–Trinajstić information content (AvgIpc) is 3.03. The van der Waals surface area contributed by atoms with Gasteiger partial charge in [0.1, 0.15) is 17.3 Å². The minimum atomic E-state index is -0.0944. The van der Waals surface area contributed by atoms with Gasteiger partial charge in [-0.25, -0.2) is 4.99 Å². The summed E-state index contributed by atoms with van der Waals surface area (Å²) in [4.78, 5) is 22.7. The molecule has 3 aliphatic heterocycles. The Morgan fingerprint density at radius 2 is 2.04 bits per heavy atom. The molecule has 0 saturated carbocycles. The van der Waals surface area contributed by atoms with Crippen LogP contribution in [-0.2, 0) is 4.79 Å². The second kappa shape index (κ2) is 6.25. The first-order valence-electron chi connectivity index (χ1n) is 8.74. The highest BCUT2D eigenvalue weighted by atomic mass is 16.5. The van der Waals surface area contributed by atoms with Crippen LogP contribution in [-0.4, -0.2) is 28.2 Å². The third-order valence-corrected chi connectivity index (χ3v) is 4.65. The number of rotatable bonds is 3. The third-order valence-electron chi connectivity index (χ3n) is 4.65. The standard InChI is InChI=1S/C21H16N4O2/c26-19-7-6-15-12-23-21(25-10-8-18(24-19)20(15)25)14-3-1-4-16(11-14)27-17-5-2-9-22-13-17/h1-7,9,11-13H,8,10H2,(H,24,26). The summed E-state index contributed by atoms with van der Waals surface area (Å²) in [6, 6.07) is 11.5. The Morgan fingerprint density at radius 3 is 2.93 bits per heavy atom. The first-order chi connectivity index (χ1) is 13.3. The van der Waals surface area contributed by atoms with Crippen molar-refractivity contribution < 1.29 is 9.53 Å². The third kappa shape index (κ3) is 2.81. The number of aliphatic imine (C=N–C) groups is 1. The molecule has 6 heteroatoms. The minimum absolute atomic E-state index is 0.0944. The molecule has 132 valence electrons. The highest BCUT2D eigenvalue weighted by molar-refractivity contribution is 6.03. The maximum atomic E-state index is 11.8. The number of nitrogens with one attached hydrogen (secondary N) is 1. The number of carbonyl (C=O) groups is 1. The zero-order valence-electron chi connectivity index (χ0n) is 14.4. The molecule has 0 aliphatic carbocycles. The molecule has 1 aromatic carbocycles. The molecular formula is C21H16N4O2. The summed E-state index contributed by atoms with van der Waals surface area (Å²) >= 11 is 0. The molecule has 0 radical (unpaired) electrons. The monoisotopic (exact) mass is 356 g/mol. The molecule has 0 unspecified atom stereocenters. The lowest BCUT2D eigenvalue weighted by Crippen LogP contribution is -2.31. The van der Waals surface area contributed by atoms with Crippen LogP contribution in [0, 0.1) is 0 Å². The second-order valence-corrected chi connectivity index (χ2v) is 6.41. The number of pyridine rings is 1. The Morgan fingerprint density at radius 1 is 1.11 bits per heavy atom. The van der Waals surface area contributed by atoms with Gasteiger partial charge in [-0.3, -0.25) is 9.78 Å². The predicted octanol–water partition coefficient (Wildman–Crippen LogP) is 3.12. The van der Waals surface area contributed by atoms with E-state index in [2.05, 4.69) is 20.2 Å². The lowest BCUT2D eigenvalue weighted by atomic mass is 10.1. The molecule has 2 aromatic rings. The van der Waals surface area contributed by atoms with Crippen LogP contribution in [0.5, 0.6) is 11.5 Å². The largest absolute Gasteiger partial charge is 0.456 e. The molecule has 0 saturated heterocycles. The van der Waals surface area contributed by atoms with Crippen molar-refractivity contribution in [3.8, 4) is 11.5 Å². The molecule has 0 atom stereocenters. The van der Waals surface area contributed by atoms with Gasteiger partial charge in [0.05, 0.1) is 11.9 Å². The quantitative estimate of drug-likeness (QED) is 0.918. The van der Waals surface area contributed by atoms with E-state index in [9.17, 15) is 4.79 Å². The summed E-state index contributed by atoms with van der Waals surface area (Å²) in [5.41, 5.74) is 3.89. The molecule has 5 rings (SSSR count). The molecular weight excluding hydrogens is 340 g/mol. The number of amidine groups is 1. The van der Waals surface area contributed by atoms with Crippen molar-refractivity contribution in [2.24, 2.45) is 4.99 Å². The van der Waals surface area contributed by atoms with E-state index in [0.717, 1.165) is 47.1 Å². The van der Waals surface area contributed by atoms with Crippen molar-refractivity contribution in [1.82, 2.24) is 15.2 Å². The van der Waals surface area contributed by atoms with Gasteiger partial charge >= 0.3 is 0 Å². The zero-order chi connectivity index (χ0) is 18.2. The summed E-state index contributed by atoms with van der Waals surface area (Å²) < 4.78 is 5.90. The van der Waals surface area contributed by atoms with Crippen molar-refractivity contribution in [1.29, 1.82) is 0 Å². The fourth-order valence-electron chi connectivity index (χ4n) is 3.49.